The maximum absolute atomic E-state index is 12.8. The molecule has 1 aliphatic carbocycles. The average Bonchev–Trinajstić information content (AvgIpc) is 3.28. The molecule has 1 aliphatic rings. The highest BCUT2D eigenvalue weighted by Gasteiger charge is 2.39. The van der Waals surface area contributed by atoms with Crippen molar-refractivity contribution in [1.82, 2.24) is 9.62 Å². The molecule has 0 aliphatic heterocycles. The first-order valence-corrected chi connectivity index (χ1v) is 8.70. The van der Waals surface area contributed by atoms with E-state index in [1.54, 1.807) is 0 Å². The lowest BCUT2D eigenvalue weighted by Crippen LogP contribution is -2.39. The molecule has 5 nitrogen and oxygen atoms in total. The van der Waals surface area contributed by atoms with Gasteiger partial charge in [-0.1, -0.05) is 0 Å². The molecule has 0 atom stereocenters. The average molecular weight is 404 g/mol. The minimum absolute atomic E-state index is 0.0796. The van der Waals surface area contributed by atoms with Crippen LogP contribution in [0.1, 0.15) is 24.0 Å². The van der Waals surface area contributed by atoms with Gasteiger partial charge < -0.3 is 5.32 Å². The van der Waals surface area contributed by atoms with E-state index in [2.05, 4.69) is 5.32 Å². The minimum atomic E-state index is -5.17. The molecule has 0 spiro atoms. The highest BCUT2D eigenvalue weighted by Crippen LogP contribution is 2.37. The normalized spacial score (nSPS) is 16.0. The van der Waals surface area contributed by atoms with E-state index in [9.17, 15) is 39.6 Å². The van der Waals surface area contributed by atoms with Crippen LogP contribution in [-0.2, 0) is 27.2 Å². The molecule has 0 radical (unpaired) electrons. The van der Waals surface area contributed by atoms with Crippen molar-refractivity contribution in [2.75, 3.05) is 13.6 Å². The predicted molar refractivity (Wildman–Crippen MR) is 77.4 cm³/mol. The molecule has 12 heteroatoms. The van der Waals surface area contributed by atoms with Crippen LogP contribution in [0.15, 0.2) is 23.1 Å². The fourth-order valence-corrected chi connectivity index (χ4v) is 3.24. The number of hydrogen-bond donors (Lipinski definition) is 1. The summed E-state index contributed by atoms with van der Waals surface area (Å²) in [5, 5.41) is 2.47. The molecule has 2 rings (SSSR count). The molecule has 1 N–H and O–H groups in total. The first-order valence-electron chi connectivity index (χ1n) is 7.26. The summed E-state index contributed by atoms with van der Waals surface area (Å²) < 4.78 is 102. The second kappa shape index (κ2) is 6.72. The van der Waals surface area contributed by atoms with Gasteiger partial charge in [-0.2, -0.15) is 30.6 Å². The number of hydrogen-bond acceptors (Lipinski definition) is 3. The summed E-state index contributed by atoms with van der Waals surface area (Å²) in [5.74, 6) is -0.693. The second-order valence-corrected chi connectivity index (χ2v) is 7.89. The van der Waals surface area contributed by atoms with E-state index in [0.29, 0.717) is 4.31 Å². The lowest BCUT2D eigenvalue weighted by molar-refractivity contribution is -0.143. The zero-order valence-corrected chi connectivity index (χ0v) is 14.1. The third kappa shape index (κ3) is 4.87. The standard InChI is InChI=1S/C14H14F6N2O3S/c1-22(7-12(23)21-10-2-3-10)26(24,25)11-5-8(13(15,16)17)4-9(6-11)14(18,19)20/h4-6,10H,2-3,7H2,1H3,(H,21,23). The van der Waals surface area contributed by atoms with Gasteiger partial charge in [0.15, 0.2) is 0 Å². The van der Waals surface area contributed by atoms with E-state index in [-0.39, 0.29) is 24.2 Å². The molecular weight excluding hydrogens is 390 g/mol. The molecule has 26 heavy (non-hydrogen) atoms. The van der Waals surface area contributed by atoms with Crippen molar-refractivity contribution >= 4 is 15.9 Å². The number of halogens is 6. The van der Waals surface area contributed by atoms with Crippen LogP contribution in [0.3, 0.4) is 0 Å². The van der Waals surface area contributed by atoms with Gasteiger partial charge >= 0.3 is 12.4 Å². The topological polar surface area (TPSA) is 66.5 Å². The molecule has 0 bridgehead atoms. The number of alkyl halides is 6. The van der Waals surface area contributed by atoms with Crippen molar-refractivity contribution in [3.63, 3.8) is 0 Å². The summed E-state index contributed by atoms with van der Waals surface area (Å²) >= 11 is 0. The number of likely N-dealkylation sites (N-methyl/N-ethyl adjacent to an activating group) is 1. The minimum Gasteiger partial charge on any atom is -0.352 e. The van der Waals surface area contributed by atoms with Crippen LogP contribution in [0.25, 0.3) is 0 Å². The molecule has 0 unspecified atom stereocenters. The molecule has 1 aromatic rings. The molecular formula is C14H14F6N2O3S. The fraction of sp³-hybridized carbons (Fsp3) is 0.500. The third-order valence-electron chi connectivity index (χ3n) is 3.58. The Morgan fingerprint density at radius 3 is 1.92 bits per heavy atom. The molecule has 1 saturated carbocycles. The van der Waals surface area contributed by atoms with Gasteiger partial charge in [0.25, 0.3) is 0 Å². The van der Waals surface area contributed by atoms with Crippen LogP contribution in [-0.4, -0.2) is 38.3 Å². The van der Waals surface area contributed by atoms with Gasteiger partial charge in [0.2, 0.25) is 15.9 Å². The zero-order valence-electron chi connectivity index (χ0n) is 13.3. The zero-order chi connectivity index (χ0) is 19.9. The van der Waals surface area contributed by atoms with Crippen molar-refractivity contribution in [2.45, 2.75) is 36.1 Å². The van der Waals surface area contributed by atoms with Crippen LogP contribution in [0.2, 0.25) is 0 Å². The van der Waals surface area contributed by atoms with Crippen molar-refractivity contribution in [1.29, 1.82) is 0 Å². The maximum Gasteiger partial charge on any atom is 0.416 e. The summed E-state index contributed by atoms with van der Waals surface area (Å²) in [5.41, 5.74) is -3.50. The van der Waals surface area contributed by atoms with Gasteiger partial charge in [0.05, 0.1) is 22.6 Å². The molecule has 1 fully saturated rings. The molecule has 146 valence electrons. The number of nitrogens with one attached hydrogen (secondary N) is 1. The van der Waals surface area contributed by atoms with Crippen LogP contribution in [0.4, 0.5) is 26.3 Å². The Balaban J connectivity index is 2.38. The van der Waals surface area contributed by atoms with Crippen molar-refractivity contribution < 1.29 is 39.6 Å². The SMILES string of the molecule is CN(CC(=O)NC1CC1)S(=O)(=O)c1cc(C(F)(F)F)cc(C(F)(F)F)c1. The summed E-state index contributed by atoms with van der Waals surface area (Å²) in [7, 11) is -3.84. The van der Waals surface area contributed by atoms with E-state index < -0.39 is 50.9 Å². The Morgan fingerprint density at radius 1 is 1.08 bits per heavy atom. The van der Waals surface area contributed by atoms with Crippen molar-refractivity contribution in [2.24, 2.45) is 0 Å². The maximum atomic E-state index is 12.8. The second-order valence-electron chi connectivity index (χ2n) is 5.84. The Bertz CT molecular complexity index is 768. The smallest absolute Gasteiger partial charge is 0.352 e. The molecule has 0 aromatic heterocycles. The van der Waals surface area contributed by atoms with Crippen molar-refractivity contribution in [3.05, 3.63) is 29.3 Å². The van der Waals surface area contributed by atoms with Crippen LogP contribution < -0.4 is 5.32 Å². The number of amides is 1. The van der Waals surface area contributed by atoms with Gasteiger partial charge in [0.1, 0.15) is 0 Å². The Labute approximate surface area is 145 Å². The van der Waals surface area contributed by atoms with E-state index >= 15 is 0 Å². The molecule has 1 amide bonds. The summed E-state index contributed by atoms with van der Waals surface area (Å²) in [6, 6.07) is -0.0255. The Hall–Kier alpha value is -1.82. The van der Waals surface area contributed by atoms with Gasteiger partial charge in [-0.05, 0) is 31.0 Å². The molecule has 1 aromatic carbocycles. The number of carbonyl (C=O) groups is 1. The first kappa shape index (κ1) is 20.5. The third-order valence-corrected chi connectivity index (χ3v) is 5.36. The van der Waals surface area contributed by atoms with E-state index in [1.165, 1.54) is 0 Å². The van der Waals surface area contributed by atoms with Crippen LogP contribution in [0, 0.1) is 0 Å². The fourth-order valence-electron chi connectivity index (χ4n) is 2.04. The lowest BCUT2D eigenvalue weighted by atomic mass is 10.1. The first-order chi connectivity index (χ1) is 11.7. The number of nitrogens with zero attached hydrogens (tertiary/aromatic N) is 1. The summed E-state index contributed by atoms with van der Waals surface area (Å²) in [6.45, 7) is -0.726. The Kier molecular flexibility index (Phi) is 5.30. The van der Waals surface area contributed by atoms with Crippen LogP contribution in [0.5, 0.6) is 0 Å². The van der Waals surface area contributed by atoms with E-state index in [0.717, 1.165) is 19.9 Å². The molecule has 0 saturated heterocycles. The van der Waals surface area contributed by atoms with Gasteiger partial charge in [-0.15, -0.1) is 0 Å². The monoisotopic (exact) mass is 404 g/mol. The Morgan fingerprint density at radius 2 is 1.54 bits per heavy atom. The number of carbonyl (C=O) groups excluding carboxylic acids is 1. The largest absolute Gasteiger partial charge is 0.416 e. The highest BCUT2D eigenvalue weighted by molar-refractivity contribution is 7.89. The summed E-state index contributed by atoms with van der Waals surface area (Å²) in [4.78, 5) is 10.5. The lowest BCUT2D eigenvalue weighted by Gasteiger charge is -2.19. The number of rotatable bonds is 5. The highest BCUT2D eigenvalue weighted by atomic mass is 32.2. The summed E-state index contributed by atoms with van der Waals surface area (Å²) in [6.07, 6.45) is -8.89. The van der Waals surface area contributed by atoms with E-state index in [1.807, 2.05) is 0 Å². The van der Waals surface area contributed by atoms with Gasteiger partial charge in [-0.3, -0.25) is 4.79 Å². The quantitative estimate of drug-likeness (QED) is 0.768. The van der Waals surface area contributed by atoms with Crippen LogP contribution >= 0.6 is 0 Å². The van der Waals surface area contributed by atoms with E-state index in [4.69, 9.17) is 0 Å². The number of sulfonamides is 1. The predicted octanol–water partition coefficient (Wildman–Crippen LogP) is 2.62. The van der Waals surface area contributed by atoms with Crippen molar-refractivity contribution in [3.8, 4) is 0 Å². The van der Waals surface area contributed by atoms with Gasteiger partial charge in [0, 0.05) is 13.1 Å². The van der Waals surface area contributed by atoms with Gasteiger partial charge in [-0.25, -0.2) is 8.42 Å². The number of benzene rings is 1. The molecule has 0 heterocycles.